The fourth-order valence-electron chi connectivity index (χ4n) is 2.57. The fourth-order valence-corrected chi connectivity index (χ4v) is 4.42. The molecule has 0 amide bonds. The summed E-state index contributed by atoms with van der Waals surface area (Å²) in [5, 5.41) is 10.6. The van der Waals surface area contributed by atoms with Gasteiger partial charge in [-0.05, 0) is 24.5 Å². The van der Waals surface area contributed by atoms with Gasteiger partial charge in [-0.2, -0.15) is 0 Å². The summed E-state index contributed by atoms with van der Waals surface area (Å²) in [7, 11) is -2.94. The van der Waals surface area contributed by atoms with Crippen LogP contribution < -0.4 is 5.63 Å². The minimum Gasteiger partial charge on any atom is -0.506 e. The number of aromatic hydroxyl groups is 1. The highest BCUT2D eigenvalue weighted by atomic mass is 32.2. The van der Waals surface area contributed by atoms with Crippen molar-refractivity contribution in [1.29, 1.82) is 0 Å². The predicted molar refractivity (Wildman–Crippen MR) is 83.4 cm³/mol. The van der Waals surface area contributed by atoms with Gasteiger partial charge in [0.15, 0.2) is 9.84 Å². The molecule has 2 aromatic rings. The maximum absolute atomic E-state index is 11.9. The topological polar surface area (TPSA) is 96.9 Å². The maximum Gasteiger partial charge on any atom is 0.348 e. The lowest BCUT2D eigenvalue weighted by Gasteiger charge is -2.04. The van der Waals surface area contributed by atoms with E-state index in [1.54, 1.807) is 24.3 Å². The van der Waals surface area contributed by atoms with Gasteiger partial charge in [-0.3, -0.25) is 4.99 Å². The summed E-state index contributed by atoms with van der Waals surface area (Å²) in [6, 6.07) is 6.68. The van der Waals surface area contributed by atoms with Gasteiger partial charge in [0, 0.05) is 12.8 Å². The molecular weight excluding hydrogens is 306 g/mol. The monoisotopic (exact) mass is 321 g/mol. The van der Waals surface area contributed by atoms with Crippen LogP contribution in [0.5, 0.6) is 5.75 Å². The zero-order valence-corrected chi connectivity index (χ0v) is 12.5. The molecule has 0 bridgehead atoms. The number of fused-ring (bicyclic) bond motifs is 1. The third kappa shape index (κ3) is 2.89. The molecular formula is C15H15NO5S. The first kappa shape index (κ1) is 14.8. The lowest BCUT2D eigenvalue weighted by molar-refractivity contribution is 0.466. The van der Waals surface area contributed by atoms with Gasteiger partial charge in [-0.15, -0.1) is 0 Å². The van der Waals surface area contributed by atoms with E-state index >= 15 is 0 Å². The van der Waals surface area contributed by atoms with Crippen LogP contribution in [0.1, 0.15) is 12.0 Å². The van der Waals surface area contributed by atoms with Crippen molar-refractivity contribution in [2.24, 2.45) is 10.9 Å². The Hall–Kier alpha value is -2.15. The second kappa shape index (κ2) is 5.57. The van der Waals surface area contributed by atoms with Crippen LogP contribution in [-0.2, 0) is 9.84 Å². The number of para-hydroxylation sites is 1. The van der Waals surface area contributed by atoms with Crippen LogP contribution in [0.4, 0.5) is 0 Å². The molecule has 1 saturated heterocycles. The lowest BCUT2D eigenvalue weighted by atomic mass is 10.1. The molecule has 0 saturated carbocycles. The highest BCUT2D eigenvalue weighted by Gasteiger charge is 2.27. The molecule has 1 aliphatic heterocycles. The predicted octanol–water partition coefficient (Wildman–Crippen LogP) is 1.35. The molecule has 0 radical (unpaired) electrons. The summed E-state index contributed by atoms with van der Waals surface area (Å²) in [4.78, 5) is 16.0. The second-order valence-corrected chi connectivity index (χ2v) is 7.64. The van der Waals surface area contributed by atoms with Crippen LogP contribution in [0, 0.1) is 5.92 Å². The lowest BCUT2D eigenvalue weighted by Crippen LogP contribution is -2.10. The van der Waals surface area contributed by atoms with Gasteiger partial charge in [0.05, 0.1) is 16.9 Å². The molecule has 2 heterocycles. The molecule has 1 fully saturated rings. The quantitative estimate of drug-likeness (QED) is 0.680. The van der Waals surface area contributed by atoms with E-state index in [2.05, 4.69) is 4.99 Å². The standard InChI is InChI=1S/C15H15NO5S/c17-14-11-3-1-2-4-13(11)21-15(18)12(14)8-16-7-10-5-6-22(19,20)9-10/h1-4,8,10,17H,5-7,9H2. The van der Waals surface area contributed by atoms with E-state index in [0.29, 0.717) is 23.9 Å². The van der Waals surface area contributed by atoms with Gasteiger partial charge in [-0.25, -0.2) is 13.2 Å². The van der Waals surface area contributed by atoms with E-state index in [1.165, 1.54) is 6.21 Å². The second-order valence-electron chi connectivity index (χ2n) is 5.41. The first-order valence-electron chi connectivity index (χ1n) is 6.91. The Labute approximate surface area is 127 Å². The summed E-state index contributed by atoms with van der Waals surface area (Å²) in [5.41, 5.74) is -0.373. The van der Waals surface area contributed by atoms with Crippen molar-refractivity contribution in [3.63, 3.8) is 0 Å². The van der Waals surface area contributed by atoms with Crippen LogP contribution in [0.25, 0.3) is 11.0 Å². The van der Waals surface area contributed by atoms with Crippen molar-refractivity contribution >= 4 is 27.0 Å². The van der Waals surface area contributed by atoms with Crippen LogP contribution >= 0.6 is 0 Å². The zero-order chi connectivity index (χ0) is 15.7. The third-order valence-electron chi connectivity index (χ3n) is 3.73. The summed E-state index contributed by atoms with van der Waals surface area (Å²) >= 11 is 0. The first-order chi connectivity index (χ1) is 10.5. The van der Waals surface area contributed by atoms with Gasteiger partial charge in [0.25, 0.3) is 0 Å². The molecule has 1 atom stereocenters. The highest BCUT2D eigenvalue weighted by molar-refractivity contribution is 7.91. The summed E-state index contributed by atoms with van der Waals surface area (Å²) in [6.45, 7) is 0.310. The van der Waals surface area contributed by atoms with Crippen LogP contribution in [0.3, 0.4) is 0 Å². The molecule has 1 unspecified atom stereocenters. The normalized spacial score (nSPS) is 20.8. The van der Waals surface area contributed by atoms with E-state index in [4.69, 9.17) is 4.42 Å². The fraction of sp³-hybridized carbons (Fsp3) is 0.333. The van der Waals surface area contributed by atoms with E-state index in [-0.39, 0.29) is 28.7 Å². The van der Waals surface area contributed by atoms with E-state index in [0.717, 1.165) is 0 Å². The molecule has 1 N–H and O–H groups in total. The van der Waals surface area contributed by atoms with Crippen molar-refractivity contribution in [1.82, 2.24) is 0 Å². The van der Waals surface area contributed by atoms with Gasteiger partial charge in [0.1, 0.15) is 16.9 Å². The van der Waals surface area contributed by atoms with Gasteiger partial charge < -0.3 is 9.52 Å². The summed E-state index contributed by atoms with van der Waals surface area (Å²) in [6.07, 6.45) is 1.84. The molecule has 22 heavy (non-hydrogen) atoms. The molecule has 3 rings (SSSR count). The molecule has 1 aromatic carbocycles. The summed E-state index contributed by atoms with van der Waals surface area (Å²) < 4.78 is 27.9. The Morgan fingerprint density at radius 1 is 1.36 bits per heavy atom. The minimum absolute atomic E-state index is 0.0143. The smallest absolute Gasteiger partial charge is 0.348 e. The largest absolute Gasteiger partial charge is 0.506 e. The average Bonchev–Trinajstić information content (AvgIpc) is 2.82. The van der Waals surface area contributed by atoms with Crippen molar-refractivity contribution in [3.05, 3.63) is 40.2 Å². The molecule has 0 spiro atoms. The number of benzene rings is 1. The first-order valence-corrected chi connectivity index (χ1v) is 8.73. The summed E-state index contributed by atoms with van der Waals surface area (Å²) in [5.74, 6) is 0.115. The minimum atomic E-state index is -2.94. The molecule has 7 heteroatoms. The Morgan fingerprint density at radius 3 is 2.86 bits per heavy atom. The number of rotatable bonds is 3. The van der Waals surface area contributed by atoms with E-state index < -0.39 is 15.5 Å². The number of aliphatic imine (C=N–C) groups is 1. The Balaban J connectivity index is 1.85. The average molecular weight is 321 g/mol. The molecule has 6 nitrogen and oxygen atoms in total. The van der Waals surface area contributed by atoms with Crippen LogP contribution in [0.2, 0.25) is 0 Å². The van der Waals surface area contributed by atoms with Crippen molar-refractivity contribution in [2.75, 3.05) is 18.1 Å². The number of hydrogen-bond donors (Lipinski definition) is 1. The van der Waals surface area contributed by atoms with Crippen molar-refractivity contribution in [3.8, 4) is 5.75 Å². The van der Waals surface area contributed by atoms with Crippen LogP contribution in [-0.4, -0.2) is 37.8 Å². The number of hydrogen-bond acceptors (Lipinski definition) is 6. The van der Waals surface area contributed by atoms with E-state index in [1.807, 2.05) is 0 Å². The van der Waals surface area contributed by atoms with Crippen LogP contribution in [0.15, 0.2) is 38.5 Å². The zero-order valence-electron chi connectivity index (χ0n) is 11.7. The molecule has 1 aromatic heterocycles. The van der Waals surface area contributed by atoms with Gasteiger partial charge >= 0.3 is 5.63 Å². The van der Waals surface area contributed by atoms with Gasteiger partial charge in [0.2, 0.25) is 0 Å². The molecule has 116 valence electrons. The maximum atomic E-state index is 11.9. The molecule has 1 aliphatic rings. The van der Waals surface area contributed by atoms with Gasteiger partial charge in [-0.1, -0.05) is 12.1 Å². The molecule has 0 aliphatic carbocycles. The highest BCUT2D eigenvalue weighted by Crippen LogP contribution is 2.25. The van der Waals surface area contributed by atoms with Crippen molar-refractivity contribution < 1.29 is 17.9 Å². The van der Waals surface area contributed by atoms with E-state index in [9.17, 15) is 18.3 Å². The SMILES string of the molecule is O=c1oc2ccccc2c(O)c1C=NCC1CCS(=O)(=O)C1. The third-order valence-corrected chi connectivity index (χ3v) is 5.57. The Kier molecular flexibility index (Phi) is 3.74. The number of nitrogens with zero attached hydrogens (tertiary/aromatic N) is 1. The number of sulfone groups is 1. The Morgan fingerprint density at radius 2 is 2.14 bits per heavy atom. The Bertz CT molecular complexity index is 898. The van der Waals surface area contributed by atoms with Crippen molar-refractivity contribution in [2.45, 2.75) is 6.42 Å².